The highest BCUT2D eigenvalue weighted by Gasteiger charge is 2.60. The van der Waals surface area contributed by atoms with E-state index in [-0.39, 0.29) is 72.2 Å². The smallest absolute Gasteiger partial charge is 0.377 e. The van der Waals surface area contributed by atoms with Crippen LogP contribution < -0.4 is 0 Å². The monoisotopic (exact) mass is 698 g/mol. The van der Waals surface area contributed by atoms with E-state index in [2.05, 4.69) is 13.8 Å². The van der Waals surface area contributed by atoms with Gasteiger partial charge in [-0.2, -0.15) is 0 Å². The van der Waals surface area contributed by atoms with Crippen molar-refractivity contribution in [3.05, 3.63) is 0 Å². The zero-order valence-electron chi connectivity index (χ0n) is 29.8. The molecule has 0 N–H and O–H groups in total. The van der Waals surface area contributed by atoms with Gasteiger partial charge in [-0.05, 0) is 68.6 Å². The quantitative estimate of drug-likeness (QED) is 0.136. The van der Waals surface area contributed by atoms with Crippen molar-refractivity contribution in [2.24, 2.45) is 47.3 Å². The molecule has 4 aliphatic rings. The molecule has 47 heavy (non-hydrogen) atoms. The average molecular weight is 699 g/mol. The molecule has 0 aromatic carbocycles. The van der Waals surface area contributed by atoms with Gasteiger partial charge in [0, 0.05) is 67.8 Å². The molecule has 0 aromatic heterocycles. The standard InChI is InChI=1S/C33H58N2O10Si2/c1-9-12-22-20-23(13-10-2)27-26(22)30(36)34(31(27)37)16-11-17-35-32(38)28-24(14-18-46(40-3,41-4)42-5)21-25(29(28)33(35)39)15-19-47(43-6,44-7)45-8/h22-29H,9-21H2,1-8H3. The van der Waals surface area contributed by atoms with Crippen LogP contribution in [0.15, 0.2) is 0 Å². The predicted octanol–water partition coefficient (Wildman–Crippen LogP) is 3.99. The Morgan fingerprint density at radius 2 is 0.787 bits per heavy atom. The summed E-state index contributed by atoms with van der Waals surface area (Å²) in [5, 5.41) is 0. The number of nitrogens with zero attached hydrogens (tertiary/aromatic N) is 2. The van der Waals surface area contributed by atoms with E-state index in [9.17, 15) is 19.2 Å². The molecule has 2 aliphatic carbocycles. The van der Waals surface area contributed by atoms with Crippen LogP contribution in [0.5, 0.6) is 0 Å². The second kappa shape index (κ2) is 16.5. The molecule has 2 saturated heterocycles. The number of likely N-dealkylation sites (tertiary alicyclic amines) is 2. The summed E-state index contributed by atoms with van der Waals surface area (Å²) in [6.07, 6.45) is 7.21. The summed E-state index contributed by atoms with van der Waals surface area (Å²) in [6.45, 7) is 4.68. The maximum absolute atomic E-state index is 14.0. The molecular weight excluding hydrogens is 641 g/mol. The van der Waals surface area contributed by atoms with Crippen LogP contribution in [-0.4, -0.2) is 107 Å². The SMILES string of the molecule is CCCC1CC(CCC)C2C(=O)N(CCCN3C(=O)C4C(CC[Si](OC)(OC)OC)CC(CC[Si](OC)(OC)OC)C4C3=O)C(=O)C12. The Morgan fingerprint density at radius 3 is 1.04 bits per heavy atom. The minimum atomic E-state index is -2.88. The van der Waals surface area contributed by atoms with E-state index < -0.39 is 29.4 Å². The van der Waals surface area contributed by atoms with Crippen molar-refractivity contribution in [3.63, 3.8) is 0 Å². The Labute approximate surface area is 283 Å². The topological polar surface area (TPSA) is 130 Å². The number of imide groups is 2. The average Bonchev–Trinajstić information content (AvgIpc) is 3.77. The lowest BCUT2D eigenvalue weighted by Gasteiger charge is -2.28. The molecule has 0 spiro atoms. The maximum Gasteiger partial charge on any atom is 0.500 e. The third kappa shape index (κ3) is 7.35. The minimum absolute atomic E-state index is 0.0467. The van der Waals surface area contributed by atoms with Crippen LogP contribution >= 0.6 is 0 Å². The van der Waals surface area contributed by atoms with E-state index in [0.717, 1.165) is 32.1 Å². The van der Waals surface area contributed by atoms with E-state index in [4.69, 9.17) is 26.6 Å². The van der Waals surface area contributed by atoms with Gasteiger partial charge in [-0.1, -0.05) is 26.7 Å². The number of amides is 4. The molecule has 4 amide bonds. The molecule has 4 fully saturated rings. The molecular formula is C33H58N2O10Si2. The second-order valence-electron chi connectivity index (χ2n) is 13.9. The third-order valence-electron chi connectivity index (χ3n) is 11.8. The first kappa shape index (κ1) is 38.3. The normalized spacial score (nSPS) is 31.1. The van der Waals surface area contributed by atoms with Gasteiger partial charge in [0.05, 0.1) is 23.7 Å². The molecule has 0 aromatic rings. The fraction of sp³-hybridized carbons (Fsp3) is 0.879. The Bertz CT molecular complexity index is 1020. The fourth-order valence-corrected chi connectivity index (χ4v) is 13.2. The predicted molar refractivity (Wildman–Crippen MR) is 177 cm³/mol. The Kier molecular flexibility index (Phi) is 13.4. The molecule has 2 heterocycles. The molecule has 8 unspecified atom stereocenters. The van der Waals surface area contributed by atoms with Gasteiger partial charge in [-0.25, -0.2) is 0 Å². The van der Waals surface area contributed by atoms with Crippen LogP contribution in [0.1, 0.15) is 71.6 Å². The number of hydrogen-bond donors (Lipinski definition) is 0. The first-order chi connectivity index (χ1) is 22.5. The summed E-state index contributed by atoms with van der Waals surface area (Å²) in [5.41, 5.74) is 0. The molecule has 4 rings (SSSR count). The van der Waals surface area contributed by atoms with E-state index in [0.29, 0.717) is 37.8 Å². The second-order valence-corrected chi connectivity index (χ2v) is 20.1. The van der Waals surface area contributed by atoms with Gasteiger partial charge >= 0.3 is 17.6 Å². The van der Waals surface area contributed by atoms with Crippen molar-refractivity contribution in [3.8, 4) is 0 Å². The molecule has 8 atom stereocenters. The summed E-state index contributed by atoms with van der Waals surface area (Å²) >= 11 is 0. The first-order valence-corrected chi connectivity index (χ1v) is 21.4. The highest BCUT2D eigenvalue weighted by molar-refractivity contribution is 6.60. The van der Waals surface area contributed by atoms with Crippen LogP contribution in [0.4, 0.5) is 0 Å². The molecule has 14 heteroatoms. The van der Waals surface area contributed by atoms with Crippen molar-refractivity contribution in [2.75, 3.05) is 55.7 Å². The lowest BCUT2D eigenvalue weighted by molar-refractivity contribution is -0.141. The van der Waals surface area contributed by atoms with Gasteiger partial charge in [0.15, 0.2) is 0 Å². The number of hydrogen-bond acceptors (Lipinski definition) is 10. The lowest BCUT2D eigenvalue weighted by Crippen LogP contribution is -2.43. The van der Waals surface area contributed by atoms with Gasteiger partial charge in [0.25, 0.3) is 0 Å². The molecule has 2 aliphatic heterocycles. The van der Waals surface area contributed by atoms with E-state index in [1.807, 2.05) is 0 Å². The molecule has 0 bridgehead atoms. The number of rotatable bonds is 20. The largest absolute Gasteiger partial charge is 0.500 e. The summed E-state index contributed by atoms with van der Waals surface area (Å²) in [6, 6.07) is 1.07. The zero-order chi connectivity index (χ0) is 34.5. The van der Waals surface area contributed by atoms with Crippen molar-refractivity contribution < 1.29 is 45.7 Å². The van der Waals surface area contributed by atoms with E-state index in [1.54, 1.807) is 42.7 Å². The van der Waals surface area contributed by atoms with E-state index in [1.165, 1.54) is 9.80 Å². The first-order valence-electron chi connectivity index (χ1n) is 17.6. The zero-order valence-corrected chi connectivity index (χ0v) is 31.8. The molecule has 2 saturated carbocycles. The molecule has 0 radical (unpaired) electrons. The number of carbonyl (C=O) groups is 4. The highest BCUT2D eigenvalue weighted by atomic mass is 28.4. The van der Waals surface area contributed by atoms with Gasteiger partial charge in [0.2, 0.25) is 23.6 Å². The van der Waals surface area contributed by atoms with Crippen molar-refractivity contribution in [1.29, 1.82) is 0 Å². The van der Waals surface area contributed by atoms with Crippen LogP contribution in [0, 0.1) is 47.3 Å². The van der Waals surface area contributed by atoms with Crippen molar-refractivity contribution in [1.82, 2.24) is 9.80 Å². The van der Waals surface area contributed by atoms with Crippen LogP contribution in [0.3, 0.4) is 0 Å². The van der Waals surface area contributed by atoms with Gasteiger partial charge < -0.3 is 26.6 Å². The Hall–Kier alpha value is -1.53. The van der Waals surface area contributed by atoms with Crippen LogP contribution in [0.25, 0.3) is 0 Å². The minimum Gasteiger partial charge on any atom is -0.377 e. The molecule has 268 valence electrons. The van der Waals surface area contributed by atoms with Crippen molar-refractivity contribution in [2.45, 2.75) is 83.7 Å². The Balaban J connectivity index is 1.47. The fourth-order valence-electron chi connectivity index (χ4n) is 9.49. The van der Waals surface area contributed by atoms with Crippen molar-refractivity contribution >= 4 is 41.2 Å². The summed E-state index contributed by atoms with van der Waals surface area (Å²) in [7, 11) is 3.69. The van der Waals surface area contributed by atoms with Gasteiger partial charge in [-0.15, -0.1) is 0 Å². The lowest BCUT2D eigenvalue weighted by atomic mass is 9.86. The summed E-state index contributed by atoms with van der Waals surface area (Å²) < 4.78 is 33.9. The van der Waals surface area contributed by atoms with Crippen LogP contribution in [0.2, 0.25) is 12.1 Å². The maximum atomic E-state index is 14.0. The molecule has 12 nitrogen and oxygen atoms in total. The third-order valence-corrected chi connectivity index (χ3v) is 17.3. The van der Waals surface area contributed by atoms with Gasteiger partial charge in [0.1, 0.15) is 0 Å². The Morgan fingerprint density at radius 1 is 0.511 bits per heavy atom. The van der Waals surface area contributed by atoms with E-state index >= 15 is 0 Å². The van der Waals surface area contributed by atoms with Crippen LogP contribution in [-0.2, 0) is 45.7 Å². The summed E-state index contributed by atoms with van der Waals surface area (Å²) in [5.74, 6) is -1.38. The summed E-state index contributed by atoms with van der Waals surface area (Å²) in [4.78, 5) is 58.0. The number of fused-ring (bicyclic) bond motifs is 2. The number of carbonyl (C=O) groups excluding carboxylic acids is 4. The van der Waals surface area contributed by atoms with Gasteiger partial charge in [-0.3, -0.25) is 29.0 Å². The highest BCUT2D eigenvalue weighted by Crippen LogP contribution is 2.53.